The van der Waals surface area contributed by atoms with Gasteiger partial charge in [-0.05, 0) is 57.9 Å². The highest BCUT2D eigenvalue weighted by Gasteiger charge is 2.54. The smallest absolute Gasteiger partial charge is 0.257 e. The fourth-order valence-corrected chi connectivity index (χ4v) is 6.19. The number of nitrogens with zero attached hydrogens (tertiary/aromatic N) is 5. The van der Waals surface area contributed by atoms with E-state index in [0.717, 1.165) is 64.0 Å². The van der Waals surface area contributed by atoms with E-state index >= 15 is 0 Å². The maximum absolute atomic E-state index is 14.2. The molecule has 1 aromatic carbocycles. The molecule has 10 nitrogen and oxygen atoms in total. The summed E-state index contributed by atoms with van der Waals surface area (Å²) in [6, 6.07) is 5.97. The summed E-state index contributed by atoms with van der Waals surface area (Å²) in [5, 5.41) is 10.4. The van der Waals surface area contributed by atoms with Crippen LogP contribution in [0.15, 0.2) is 43.0 Å². The highest BCUT2D eigenvalue weighted by Crippen LogP contribution is 2.52. The quantitative estimate of drug-likeness (QED) is 0.410. The number of anilines is 1. The molecule has 1 saturated heterocycles. The number of nitrogens with one attached hydrogen (secondary N) is 1. The van der Waals surface area contributed by atoms with Gasteiger partial charge in [-0.2, -0.15) is 0 Å². The summed E-state index contributed by atoms with van der Waals surface area (Å²) >= 11 is 0. The molecule has 3 aromatic rings. The van der Waals surface area contributed by atoms with Crippen molar-refractivity contribution in [2.24, 2.45) is 5.41 Å². The molecule has 1 aliphatic carbocycles. The van der Waals surface area contributed by atoms with E-state index in [0.29, 0.717) is 18.1 Å². The monoisotopic (exact) mass is 578 g/mol. The number of carbonyl (C=O) groups is 1. The van der Waals surface area contributed by atoms with Gasteiger partial charge in [0.2, 0.25) is 0 Å². The number of aliphatic hydroxyl groups excluding tert-OH is 1. The average Bonchev–Trinajstić information content (AvgIpc) is 2.96. The number of carbonyl (C=O) groups excluding carboxylic acids is 1. The molecule has 1 spiro atoms. The van der Waals surface area contributed by atoms with Crippen LogP contribution in [0.2, 0.25) is 0 Å². The molecule has 0 unspecified atom stereocenters. The van der Waals surface area contributed by atoms with Gasteiger partial charge in [-0.3, -0.25) is 9.78 Å². The van der Waals surface area contributed by atoms with Crippen molar-refractivity contribution in [1.29, 1.82) is 0 Å². The Bertz CT molecular complexity index is 1410. The van der Waals surface area contributed by atoms with Crippen molar-refractivity contribution in [3.05, 3.63) is 65.6 Å². The minimum atomic E-state index is -0.491. The Morgan fingerprint density at radius 1 is 1.19 bits per heavy atom. The maximum Gasteiger partial charge on any atom is 0.257 e. The Morgan fingerprint density at radius 3 is 2.71 bits per heavy atom. The Morgan fingerprint density at radius 2 is 1.98 bits per heavy atom. The van der Waals surface area contributed by atoms with Crippen LogP contribution in [0.1, 0.15) is 55.2 Å². The van der Waals surface area contributed by atoms with E-state index < -0.39 is 5.82 Å². The van der Waals surface area contributed by atoms with Gasteiger partial charge in [0.05, 0.1) is 11.8 Å². The van der Waals surface area contributed by atoms with Crippen molar-refractivity contribution in [2.45, 2.75) is 58.7 Å². The van der Waals surface area contributed by atoms with Crippen LogP contribution in [0.3, 0.4) is 0 Å². The SMILES string of the molecule is CCN(C(=O)c1cc(F)ccc1Oc1cncnc1N1CC2(CC(Oc3ccnc4c3CNCC4)C2)C1)C(C)C.CO. The minimum absolute atomic E-state index is 0.0301. The lowest BCUT2D eigenvalue weighted by Gasteiger charge is -2.59. The van der Waals surface area contributed by atoms with Gasteiger partial charge >= 0.3 is 0 Å². The van der Waals surface area contributed by atoms with Crippen LogP contribution < -0.4 is 19.7 Å². The van der Waals surface area contributed by atoms with Gasteiger partial charge in [-0.1, -0.05) is 0 Å². The van der Waals surface area contributed by atoms with E-state index in [1.165, 1.54) is 30.1 Å². The molecule has 2 fully saturated rings. The Hall–Kier alpha value is -3.83. The zero-order valence-corrected chi connectivity index (χ0v) is 24.6. The fourth-order valence-electron chi connectivity index (χ4n) is 6.19. The zero-order valence-electron chi connectivity index (χ0n) is 24.6. The first kappa shape index (κ1) is 29.7. The molecule has 2 aromatic heterocycles. The number of ether oxygens (including phenoxy) is 2. The van der Waals surface area contributed by atoms with Gasteiger partial charge in [-0.15, -0.1) is 0 Å². The molecule has 6 rings (SSSR count). The molecule has 0 radical (unpaired) electrons. The van der Waals surface area contributed by atoms with Gasteiger partial charge in [0.25, 0.3) is 5.91 Å². The molecule has 1 saturated carbocycles. The lowest BCUT2D eigenvalue weighted by molar-refractivity contribution is -0.0349. The van der Waals surface area contributed by atoms with Crippen molar-refractivity contribution in [2.75, 3.05) is 38.2 Å². The Balaban J connectivity index is 0.00000173. The molecule has 1 amide bonds. The number of amides is 1. The number of fused-ring (bicyclic) bond motifs is 1. The van der Waals surface area contributed by atoms with Crippen LogP contribution >= 0.6 is 0 Å². The first-order valence-corrected chi connectivity index (χ1v) is 14.5. The van der Waals surface area contributed by atoms with Crippen LogP contribution in [-0.2, 0) is 13.0 Å². The summed E-state index contributed by atoms with van der Waals surface area (Å²) in [4.78, 5) is 30.3. The van der Waals surface area contributed by atoms with Crippen LogP contribution in [0.5, 0.6) is 17.2 Å². The average molecular weight is 579 g/mol. The molecule has 11 heteroatoms. The predicted molar refractivity (Wildman–Crippen MR) is 156 cm³/mol. The number of halogens is 1. The van der Waals surface area contributed by atoms with Crippen LogP contribution in [-0.4, -0.2) is 76.3 Å². The Labute approximate surface area is 245 Å². The Kier molecular flexibility index (Phi) is 8.88. The number of hydrogen-bond donors (Lipinski definition) is 2. The molecule has 224 valence electrons. The maximum atomic E-state index is 14.2. The highest BCUT2D eigenvalue weighted by atomic mass is 19.1. The molecule has 0 atom stereocenters. The molecule has 0 bridgehead atoms. The van der Waals surface area contributed by atoms with E-state index in [2.05, 4.69) is 25.2 Å². The van der Waals surface area contributed by atoms with Crippen molar-refractivity contribution in [1.82, 2.24) is 25.2 Å². The van der Waals surface area contributed by atoms with Crippen molar-refractivity contribution in [3.63, 3.8) is 0 Å². The predicted octanol–water partition coefficient (Wildman–Crippen LogP) is 3.98. The van der Waals surface area contributed by atoms with Crippen molar-refractivity contribution in [3.8, 4) is 17.2 Å². The summed E-state index contributed by atoms with van der Waals surface area (Å²) in [5.74, 6) is 1.56. The standard InChI is InChI=1S/C30H35FN6O3.CH4O/c1-4-37(19(2)3)29(38)22-11-20(31)5-6-25(22)40-27-15-33-18-35-28(27)36-16-30(17-36)12-21(13-30)39-26-8-10-34-24-7-9-32-14-23(24)26;1-2/h5-6,8,10-11,15,18-19,21,32H,4,7,9,12-14,16-17H2,1-3H3;2H,1H3. The summed E-state index contributed by atoms with van der Waals surface area (Å²) in [7, 11) is 1.00. The number of aromatic nitrogens is 3. The van der Waals surface area contributed by atoms with E-state index in [4.69, 9.17) is 14.6 Å². The van der Waals surface area contributed by atoms with Gasteiger partial charge in [-0.25, -0.2) is 14.4 Å². The van der Waals surface area contributed by atoms with E-state index in [-0.39, 0.29) is 34.8 Å². The van der Waals surface area contributed by atoms with Gasteiger partial charge in [0, 0.05) is 75.2 Å². The van der Waals surface area contributed by atoms with Crippen LogP contribution in [0, 0.1) is 11.2 Å². The first-order valence-electron chi connectivity index (χ1n) is 14.5. The topological polar surface area (TPSA) is 113 Å². The van der Waals surface area contributed by atoms with Gasteiger partial charge < -0.3 is 29.7 Å². The number of benzene rings is 1. The second kappa shape index (κ2) is 12.6. The molecule has 4 heterocycles. The summed E-state index contributed by atoms with van der Waals surface area (Å²) in [6.45, 7) is 9.70. The number of rotatable bonds is 8. The van der Waals surface area contributed by atoms with Crippen LogP contribution in [0.25, 0.3) is 0 Å². The second-order valence-corrected chi connectivity index (χ2v) is 11.3. The molecular weight excluding hydrogens is 539 g/mol. The van der Waals surface area contributed by atoms with Gasteiger partial charge in [0.15, 0.2) is 11.6 Å². The molecule has 2 N–H and O–H groups in total. The largest absolute Gasteiger partial charge is 0.490 e. The fraction of sp³-hybridized carbons (Fsp3) is 0.484. The van der Waals surface area contributed by atoms with Crippen molar-refractivity contribution < 1.29 is 23.8 Å². The zero-order chi connectivity index (χ0) is 29.9. The summed E-state index contributed by atoms with van der Waals surface area (Å²) in [5.41, 5.74) is 2.68. The number of pyridine rings is 1. The second-order valence-electron chi connectivity index (χ2n) is 11.3. The third-order valence-corrected chi connectivity index (χ3v) is 8.19. The van der Waals surface area contributed by atoms with Gasteiger partial charge in [0.1, 0.15) is 29.7 Å². The minimum Gasteiger partial charge on any atom is -0.490 e. The lowest BCUT2D eigenvalue weighted by Crippen LogP contribution is -2.65. The van der Waals surface area contributed by atoms with E-state index in [1.807, 2.05) is 33.0 Å². The highest BCUT2D eigenvalue weighted by molar-refractivity contribution is 5.97. The summed E-state index contributed by atoms with van der Waals surface area (Å²) < 4.78 is 26.8. The molecular formula is C31H39FN6O4. The number of hydrogen-bond acceptors (Lipinski definition) is 9. The van der Waals surface area contributed by atoms with Crippen molar-refractivity contribution >= 4 is 11.7 Å². The molecule has 2 aliphatic heterocycles. The van der Waals surface area contributed by atoms with Crippen LogP contribution in [0.4, 0.5) is 10.2 Å². The molecule has 3 aliphatic rings. The first-order chi connectivity index (χ1) is 20.4. The van der Waals surface area contributed by atoms with E-state index in [9.17, 15) is 9.18 Å². The summed E-state index contributed by atoms with van der Waals surface area (Å²) in [6.07, 6.45) is 8.02. The lowest BCUT2D eigenvalue weighted by atomic mass is 9.61. The third-order valence-electron chi connectivity index (χ3n) is 8.19. The van der Waals surface area contributed by atoms with E-state index in [1.54, 1.807) is 11.1 Å². The normalized spacial score (nSPS) is 17.0. The number of aliphatic hydroxyl groups is 1. The third kappa shape index (κ3) is 5.89. The molecule has 42 heavy (non-hydrogen) atoms.